The number of hydroxylamine groups is 1. The molecule has 0 radical (unpaired) electrons. The van der Waals surface area contributed by atoms with Crippen LogP contribution >= 0.6 is 0 Å². The zero-order chi connectivity index (χ0) is 26.3. The number of nitrogens with one attached hydrogen (secondary N) is 2. The topological polar surface area (TPSA) is 95.5 Å². The first kappa shape index (κ1) is 25.3. The van der Waals surface area contributed by atoms with Crippen LogP contribution in [0.4, 0.5) is 11.6 Å². The molecule has 0 unspecified atom stereocenters. The Morgan fingerprint density at radius 1 is 1.00 bits per heavy atom. The number of nitrogens with zero attached hydrogens (tertiary/aromatic N) is 5. The van der Waals surface area contributed by atoms with Crippen LogP contribution in [0, 0.1) is 6.92 Å². The molecule has 3 heterocycles. The van der Waals surface area contributed by atoms with Gasteiger partial charge in [-0.25, -0.2) is 9.97 Å². The Hall–Kier alpha value is -4.34. The Morgan fingerprint density at radius 2 is 1.82 bits per heavy atom. The lowest BCUT2D eigenvalue weighted by Gasteiger charge is -2.32. The first-order valence-electron chi connectivity index (χ1n) is 12.6. The predicted molar refractivity (Wildman–Crippen MR) is 147 cm³/mol. The number of piperazine rings is 1. The van der Waals surface area contributed by atoms with Crippen molar-refractivity contribution in [1.29, 1.82) is 0 Å². The second kappa shape index (κ2) is 11.8. The van der Waals surface area contributed by atoms with E-state index >= 15 is 0 Å². The van der Waals surface area contributed by atoms with Crippen LogP contribution in [-0.4, -0.2) is 63.9 Å². The molecule has 9 nitrogen and oxygen atoms in total. The number of carbonyl (C=O) groups excluding carboxylic acids is 1. The maximum Gasteiger partial charge on any atom is 0.283 e. The van der Waals surface area contributed by atoms with Crippen molar-refractivity contribution in [2.24, 2.45) is 0 Å². The molecule has 1 fully saturated rings. The van der Waals surface area contributed by atoms with E-state index < -0.39 is 0 Å². The molecule has 0 spiro atoms. The lowest BCUT2D eigenvalue weighted by atomic mass is 10.1. The van der Waals surface area contributed by atoms with Crippen molar-refractivity contribution in [2.45, 2.75) is 13.5 Å². The van der Waals surface area contributed by atoms with Crippen LogP contribution < -0.4 is 15.6 Å². The van der Waals surface area contributed by atoms with Gasteiger partial charge in [0.05, 0.1) is 5.69 Å². The van der Waals surface area contributed by atoms with Gasteiger partial charge in [-0.2, -0.15) is 5.48 Å². The summed E-state index contributed by atoms with van der Waals surface area (Å²) >= 11 is 0. The van der Waals surface area contributed by atoms with Gasteiger partial charge >= 0.3 is 0 Å². The Morgan fingerprint density at radius 3 is 2.58 bits per heavy atom. The van der Waals surface area contributed by atoms with Crippen LogP contribution in [0.15, 0.2) is 79.3 Å². The number of aromatic nitrogens is 3. The van der Waals surface area contributed by atoms with Crippen LogP contribution in [-0.2, 0) is 6.54 Å². The maximum absolute atomic E-state index is 12.7. The Bertz CT molecular complexity index is 1370. The number of amides is 1. The van der Waals surface area contributed by atoms with E-state index in [9.17, 15) is 4.79 Å². The molecule has 194 valence electrons. The molecule has 1 aliphatic heterocycles. The Balaban J connectivity index is 1.18. The van der Waals surface area contributed by atoms with Gasteiger partial charge in [0, 0.05) is 74.2 Å². The Labute approximate surface area is 222 Å². The quantitative estimate of drug-likeness (QED) is 0.344. The molecule has 2 aromatic heterocycles. The molecule has 4 aromatic rings. The molecule has 1 amide bonds. The van der Waals surface area contributed by atoms with Crippen LogP contribution in [0.25, 0.3) is 11.3 Å². The predicted octanol–water partition coefficient (Wildman–Crippen LogP) is 4.06. The zero-order valence-corrected chi connectivity index (χ0v) is 21.6. The molecule has 0 bridgehead atoms. The van der Waals surface area contributed by atoms with Crippen LogP contribution in [0.5, 0.6) is 5.75 Å². The minimum atomic E-state index is -0.307. The number of hydrogen-bond acceptors (Lipinski definition) is 8. The lowest BCUT2D eigenvalue weighted by Crippen LogP contribution is -2.43. The number of hydrogen-bond donors (Lipinski definition) is 2. The molecule has 2 N–H and O–H groups in total. The molecule has 1 aliphatic rings. The van der Waals surface area contributed by atoms with Gasteiger partial charge in [0.25, 0.3) is 5.91 Å². The highest BCUT2D eigenvalue weighted by Crippen LogP contribution is 2.25. The summed E-state index contributed by atoms with van der Waals surface area (Å²) < 4.78 is 0. The average Bonchev–Trinajstić information content (AvgIpc) is 2.95. The molecule has 1 saturated heterocycles. The minimum Gasteiger partial charge on any atom is -0.379 e. The van der Waals surface area contributed by atoms with Crippen molar-refractivity contribution in [3.63, 3.8) is 0 Å². The molecular weight excluding hydrogens is 478 g/mol. The number of rotatable bonds is 8. The highest BCUT2D eigenvalue weighted by Gasteiger charge is 2.14. The molecule has 0 atom stereocenters. The summed E-state index contributed by atoms with van der Waals surface area (Å²) in [6, 6.07) is 18.8. The van der Waals surface area contributed by atoms with Gasteiger partial charge in [0.2, 0.25) is 5.95 Å². The van der Waals surface area contributed by atoms with Gasteiger partial charge in [0.15, 0.2) is 5.75 Å². The summed E-state index contributed by atoms with van der Waals surface area (Å²) in [4.78, 5) is 36.1. The first-order chi connectivity index (χ1) is 18.5. The summed E-state index contributed by atoms with van der Waals surface area (Å²) in [6.07, 6.45) is 5.18. The van der Waals surface area contributed by atoms with Crippen molar-refractivity contribution >= 4 is 17.5 Å². The van der Waals surface area contributed by atoms with Crippen LogP contribution in [0.1, 0.15) is 21.5 Å². The second-order valence-electron chi connectivity index (χ2n) is 9.42. The van der Waals surface area contributed by atoms with Crippen molar-refractivity contribution in [2.75, 3.05) is 38.5 Å². The summed E-state index contributed by atoms with van der Waals surface area (Å²) in [5.74, 6) is 0.632. The fourth-order valence-electron chi connectivity index (χ4n) is 4.20. The van der Waals surface area contributed by atoms with Crippen molar-refractivity contribution in [3.8, 4) is 17.0 Å². The van der Waals surface area contributed by atoms with E-state index in [0.717, 1.165) is 55.2 Å². The minimum absolute atomic E-state index is 0.307. The van der Waals surface area contributed by atoms with E-state index in [1.807, 2.05) is 55.5 Å². The van der Waals surface area contributed by atoms with E-state index in [1.165, 1.54) is 5.56 Å². The molecule has 0 saturated carbocycles. The van der Waals surface area contributed by atoms with Gasteiger partial charge < -0.3 is 15.1 Å². The van der Waals surface area contributed by atoms with Gasteiger partial charge in [-0.15, -0.1) is 0 Å². The molecule has 5 rings (SSSR count). The third-order valence-electron chi connectivity index (χ3n) is 6.55. The first-order valence-corrected chi connectivity index (χ1v) is 12.6. The molecular formula is C29H31N7O2. The summed E-state index contributed by atoms with van der Waals surface area (Å²) in [5.41, 5.74) is 7.70. The smallest absolute Gasteiger partial charge is 0.283 e. The van der Waals surface area contributed by atoms with E-state index in [-0.39, 0.29) is 5.91 Å². The van der Waals surface area contributed by atoms with Gasteiger partial charge in [-0.1, -0.05) is 18.2 Å². The SMILES string of the molecule is Cc1ccc(ONC(=O)c2ccc(CN3CCN(C)CC3)cc2)cc1Nc1nccc(-c2cccnc2)n1. The largest absolute Gasteiger partial charge is 0.379 e. The van der Waals surface area contributed by atoms with E-state index in [4.69, 9.17) is 4.84 Å². The monoisotopic (exact) mass is 509 g/mol. The summed E-state index contributed by atoms with van der Waals surface area (Å²) in [7, 11) is 2.15. The standard InChI is InChI=1S/C29H31N7O2/c1-21-5-10-25(18-27(21)33-29-31-13-11-26(32-29)24-4-3-12-30-19-24)38-34-28(37)23-8-6-22(7-9-23)20-36-16-14-35(2)15-17-36/h3-13,18-19H,14-17,20H2,1-2H3,(H,34,37)(H,31,32,33). The van der Waals surface area contributed by atoms with Crippen LogP contribution in [0.3, 0.4) is 0 Å². The van der Waals surface area contributed by atoms with Crippen LogP contribution in [0.2, 0.25) is 0 Å². The third kappa shape index (κ3) is 6.50. The summed E-state index contributed by atoms with van der Waals surface area (Å²) in [6.45, 7) is 7.14. The number of aryl methyl sites for hydroxylation is 1. The normalized spacial score (nSPS) is 14.2. The second-order valence-corrected chi connectivity index (χ2v) is 9.42. The van der Waals surface area contributed by atoms with E-state index in [0.29, 0.717) is 17.3 Å². The number of likely N-dealkylation sites (N-methyl/N-ethyl adjacent to an activating group) is 1. The highest BCUT2D eigenvalue weighted by molar-refractivity contribution is 5.93. The molecule has 0 aliphatic carbocycles. The fraction of sp³-hybridized carbons (Fsp3) is 0.241. The third-order valence-corrected chi connectivity index (χ3v) is 6.55. The van der Waals surface area contributed by atoms with Gasteiger partial charge in [-0.3, -0.25) is 14.7 Å². The van der Waals surface area contributed by atoms with Crippen molar-refractivity contribution < 1.29 is 9.63 Å². The number of carbonyl (C=O) groups is 1. The Kier molecular flexibility index (Phi) is 7.86. The maximum atomic E-state index is 12.7. The van der Waals surface area contributed by atoms with E-state index in [2.05, 4.69) is 42.6 Å². The van der Waals surface area contributed by atoms with E-state index in [1.54, 1.807) is 30.7 Å². The highest BCUT2D eigenvalue weighted by atomic mass is 16.7. The zero-order valence-electron chi connectivity index (χ0n) is 21.6. The number of benzene rings is 2. The average molecular weight is 510 g/mol. The van der Waals surface area contributed by atoms with Crippen molar-refractivity contribution in [1.82, 2.24) is 30.2 Å². The number of anilines is 2. The summed E-state index contributed by atoms with van der Waals surface area (Å²) in [5, 5.41) is 3.24. The molecule has 2 aromatic carbocycles. The molecule has 9 heteroatoms. The van der Waals surface area contributed by atoms with Gasteiger partial charge in [0.1, 0.15) is 0 Å². The van der Waals surface area contributed by atoms with Gasteiger partial charge in [-0.05, 0) is 61.5 Å². The fourth-order valence-corrected chi connectivity index (χ4v) is 4.20. The molecule has 38 heavy (non-hydrogen) atoms. The lowest BCUT2D eigenvalue weighted by molar-refractivity contribution is 0.0760. The van der Waals surface area contributed by atoms with Crippen molar-refractivity contribution in [3.05, 3.63) is 95.9 Å². The number of pyridine rings is 1.